The molecule has 0 radical (unpaired) electrons. The minimum absolute atomic E-state index is 0.310. The van der Waals surface area contributed by atoms with Gasteiger partial charge in [0.05, 0.1) is 18.8 Å². The molecule has 1 aliphatic rings. The summed E-state index contributed by atoms with van der Waals surface area (Å²) in [4.78, 5) is 17.4. The molecule has 1 aromatic rings. The average molecular weight is 194 g/mol. The van der Waals surface area contributed by atoms with Gasteiger partial charge in [-0.05, 0) is 13.8 Å². The summed E-state index contributed by atoms with van der Waals surface area (Å²) >= 11 is 0. The van der Waals surface area contributed by atoms with Crippen LogP contribution in [-0.4, -0.2) is 28.8 Å². The molecule has 0 aliphatic carbocycles. The smallest absolute Gasteiger partial charge is 0.208 e. The van der Waals surface area contributed by atoms with Crippen LogP contribution in [0.15, 0.2) is 4.42 Å². The largest absolute Gasteiger partial charge is 0.444 e. The molecule has 14 heavy (non-hydrogen) atoms. The Morgan fingerprint density at radius 3 is 2.79 bits per heavy atom. The highest BCUT2D eigenvalue weighted by molar-refractivity contribution is 5.82. The fourth-order valence-corrected chi connectivity index (χ4v) is 1.62. The van der Waals surface area contributed by atoms with Crippen LogP contribution in [0.25, 0.3) is 0 Å². The highest BCUT2D eigenvalue weighted by atomic mass is 16.4. The number of oxazole rings is 1. The number of nitrogens with zero attached hydrogens (tertiary/aromatic N) is 2. The molecule has 0 bridgehead atoms. The zero-order valence-electron chi connectivity index (χ0n) is 8.54. The Hall–Kier alpha value is -1.16. The highest BCUT2D eigenvalue weighted by Gasteiger charge is 2.21. The number of carbonyl (C=O) groups excluding carboxylic acids is 1. The van der Waals surface area contributed by atoms with Crippen LogP contribution in [0.2, 0.25) is 0 Å². The second-order valence-corrected chi connectivity index (χ2v) is 3.75. The Balaban J connectivity index is 2.00. The fourth-order valence-electron chi connectivity index (χ4n) is 1.62. The average Bonchev–Trinajstić information content (AvgIpc) is 2.62. The van der Waals surface area contributed by atoms with Gasteiger partial charge >= 0.3 is 0 Å². The first-order valence-electron chi connectivity index (χ1n) is 4.82. The maximum absolute atomic E-state index is 11.0. The van der Waals surface area contributed by atoms with Gasteiger partial charge in [-0.15, -0.1) is 0 Å². The molecule has 0 atom stereocenters. The van der Waals surface area contributed by atoms with Gasteiger partial charge in [0.25, 0.3) is 0 Å². The van der Waals surface area contributed by atoms with Crippen LogP contribution >= 0.6 is 0 Å². The Morgan fingerprint density at radius 2 is 2.29 bits per heavy atom. The van der Waals surface area contributed by atoms with Gasteiger partial charge in [-0.25, -0.2) is 4.98 Å². The van der Waals surface area contributed by atoms with Crippen molar-refractivity contribution in [3.8, 4) is 0 Å². The Morgan fingerprint density at radius 1 is 1.50 bits per heavy atom. The van der Waals surface area contributed by atoms with Crippen LogP contribution in [0, 0.1) is 13.8 Å². The van der Waals surface area contributed by atoms with Gasteiger partial charge in [-0.3, -0.25) is 9.69 Å². The van der Waals surface area contributed by atoms with Crippen molar-refractivity contribution in [3.05, 3.63) is 17.3 Å². The molecule has 1 aromatic heterocycles. The minimum atomic E-state index is 0.310. The van der Waals surface area contributed by atoms with Crippen LogP contribution < -0.4 is 0 Å². The van der Waals surface area contributed by atoms with E-state index in [0.29, 0.717) is 25.3 Å². The van der Waals surface area contributed by atoms with Crippen LogP contribution in [-0.2, 0) is 11.3 Å². The first kappa shape index (κ1) is 9.40. The lowest BCUT2D eigenvalue weighted by atomic mass is 10.4. The molecule has 2 rings (SSSR count). The van der Waals surface area contributed by atoms with Gasteiger partial charge in [-0.2, -0.15) is 0 Å². The predicted octanol–water partition coefficient (Wildman–Crippen LogP) is 1.07. The zero-order valence-corrected chi connectivity index (χ0v) is 8.54. The van der Waals surface area contributed by atoms with Gasteiger partial charge in [0.1, 0.15) is 11.5 Å². The first-order chi connectivity index (χ1) is 6.65. The number of carbonyl (C=O) groups is 1. The number of ketones is 1. The molecule has 76 valence electrons. The van der Waals surface area contributed by atoms with Gasteiger partial charge in [0.15, 0.2) is 0 Å². The maximum Gasteiger partial charge on any atom is 0.208 e. The molecule has 1 saturated heterocycles. The van der Waals surface area contributed by atoms with E-state index in [4.69, 9.17) is 4.42 Å². The van der Waals surface area contributed by atoms with Crippen LogP contribution in [0.3, 0.4) is 0 Å². The van der Waals surface area contributed by atoms with Crippen molar-refractivity contribution < 1.29 is 9.21 Å². The lowest BCUT2D eigenvalue weighted by molar-refractivity contribution is -0.116. The van der Waals surface area contributed by atoms with Crippen molar-refractivity contribution in [2.24, 2.45) is 0 Å². The topological polar surface area (TPSA) is 46.3 Å². The fraction of sp³-hybridized carbons (Fsp3) is 0.600. The van der Waals surface area contributed by atoms with Crippen LogP contribution in [0.1, 0.15) is 23.8 Å². The molecule has 1 fully saturated rings. The van der Waals surface area contributed by atoms with Crippen molar-refractivity contribution in [3.63, 3.8) is 0 Å². The third-order valence-corrected chi connectivity index (χ3v) is 2.54. The minimum Gasteiger partial charge on any atom is -0.444 e. The predicted molar refractivity (Wildman–Crippen MR) is 50.9 cm³/mol. The van der Waals surface area contributed by atoms with E-state index in [-0.39, 0.29) is 0 Å². The quantitative estimate of drug-likeness (QED) is 0.706. The monoisotopic (exact) mass is 194 g/mol. The van der Waals surface area contributed by atoms with Gasteiger partial charge in [-0.1, -0.05) is 0 Å². The summed E-state index contributed by atoms with van der Waals surface area (Å²) in [5.41, 5.74) is 0.936. The Labute approximate surface area is 82.9 Å². The molecule has 2 heterocycles. The third-order valence-electron chi connectivity index (χ3n) is 2.54. The van der Waals surface area contributed by atoms with E-state index in [9.17, 15) is 4.79 Å². The molecule has 0 aromatic carbocycles. The second-order valence-electron chi connectivity index (χ2n) is 3.75. The number of hydrogen-bond donors (Lipinski definition) is 0. The van der Waals surface area contributed by atoms with E-state index >= 15 is 0 Å². The molecule has 0 spiro atoms. The number of Topliss-reactive ketones (excluding diaryl/α,β-unsaturated/α-hetero) is 1. The molecular formula is C10H14N2O2. The third kappa shape index (κ3) is 1.85. The maximum atomic E-state index is 11.0. The molecule has 4 heteroatoms. The van der Waals surface area contributed by atoms with Gasteiger partial charge < -0.3 is 4.42 Å². The molecule has 0 amide bonds. The van der Waals surface area contributed by atoms with E-state index in [1.165, 1.54) is 0 Å². The lowest BCUT2D eigenvalue weighted by Gasteiger charge is -2.09. The SMILES string of the molecule is Cc1nc(CN2CCC(=O)C2)oc1C. The molecule has 0 unspecified atom stereocenters. The molecular weight excluding hydrogens is 180 g/mol. The standard InChI is InChI=1S/C10H14N2O2/c1-7-8(2)14-10(11-7)6-12-4-3-9(13)5-12/h3-6H2,1-2H3. The van der Waals surface area contributed by atoms with E-state index in [1.54, 1.807) is 0 Å². The van der Waals surface area contributed by atoms with Gasteiger partial charge in [0.2, 0.25) is 5.89 Å². The van der Waals surface area contributed by atoms with Crippen molar-refractivity contribution >= 4 is 5.78 Å². The van der Waals surface area contributed by atoms with Crippen molar-refractivity contribution in [1.82, 2.24) is 9.88 Å². The summed E-state index contributed by atoms with van der Waals surface area (Å²) < 4.78 is 5.45. The van der Waals surface area contributed by atoms with Gasteiger partial charge in [0, 0.05) is 13.0 Å². The highest BCUT2D eigenvalue weighted by Crippen LogP contribution is 2.13. The normalized spacial score (nSPS) is 18.0. The van der Waals surface area contributed by atoms with E-state index in [2.05, 4.69) is 9.88 Å². The first-order valence-corrected chi connectivity index (χ1v) is 4.82. The summed E-state index contributed by atoms with van der Waals surface area (Å²) in [6, 6.07) is 0. The number of aromatic nitrogens is 1. The van der Waals surface area contributed by atoms with Crippen molar-refractivity contribution in [2.75, 3.05) is 13.1 Å². The lowest BCUT2D eigenvalue weighted by Crippen LogP contribution is -2.20. The number of likely N-dealkylation sites (tertiary alicyclic amines) is 1. The van der Waals surface area contributed by atoms with Crippen molar-refractivity contribution in [2.45, 2.75) is 26.8 Å². The Bertz CT molecular complexity index is 338. The number of aryl methyl sites for hydroxylation is 2. The van der Waals surface area contributed by atoms with Crippen LogP contribution in [0.4, 0.5) is 0 Å². The molecule has 1 aliphatic heterocycles. The molecule has 0 saturated carbocycles. The zero-order chi connectivity index (χ0) is 10.1. The molecule has 0 N–H and O–H groups in total. The van der Waals surface area contributed by atoms with E-state index < -0.39 is 0 Å². The van der Waals surface area contributed by atoms with E-state index in [0.717, 1.165) is 23.9 Å². The summed E-state index contributed by atoms with van der Waals surface area (Å²) in [7, 11) is 0. The summed E-state index contributed by atoms with van der Waals surface area (Å²) in [5.74, 6) is 1.89. The summed E-state index contributed by atoms with van der Waals surface area (Å²) in [5, 5.41) is 0. The summed E-state index contributed by atoms with van der Waals surface area (Å²) in [6.07, 6.45) is 0.665. The van der Waals surface area contributed by atoms with E-state index in [1.807, 2.05) is 13.8 Å². The second kappa shape index (κ2) is 3.53. The molecule has 4 nitrogen and oxygen atoms in total. The Kier molecular flexibility index (Phi) is 2.37. The number of rotatable bonds is 2. The number of hydrogen-bond acceptors (Lipinski definition) is 4. The van der Waals surface area contributed by atoms with Crippen LogP contribution in [0.5, 0.6) is 0 Å². The summed E-state index contributed by atoms with van der Waals surface area (Å²) in [6.45, 7) is 5.86. The van der Waals surface area contributed by atoms with Crippen molar-refractivity contribution in [1.29, 1.82) is 0 Å².